The average molecular weight is 539 g/mol. The fourth-order valence-electron chi connectivity index (χ4n) is 5.97. The van der Waals surface area contributed by atoms with Crippen molar-refractivity contribution in [3.63, 3.8) is 0 Å². The Bertz CT molecular complexity index is 1320. The van der Waals surface area contributed by atoms with Crippen molar-refractivity contribution in [3.8, 4) is 0 Å². The van der Waals surface area contributed by atoms with Crippen LogP contribution in [0.1, 0.15) is 108 Å². The minimum atomic E-state index is -3.30. The van der Waals surface area contributed by atoms with Gasteiger partial charge in [0.15, 0.2) is 0 Å². The highest BCUT2D eigenvalue weighted by molar-refractivity contribution is 6.95. The van der Waals surface area contributed by atoms with Crippen LogP contribution in [-0.4, -0.2) is 13.5 Å². The van der Waals surface area contributed by atoms with Crippen molar-refractivity contribution < 1.29 is 0 Å². The van der Waals surface area contributed by atoms with Crippen LogP contribution in [-0.2, 0) is 0 Å². The monoisotopic (exact) mass is 538 g/mol. The quantitative estimate of drug-likeness (QED) is 0.309. The molecule has 2 N–H and O–H groups in total. The molecule has 1 aliphatic heterocycles. The van der Waals surface area contributed by atoms with Gasteiger partial charge in [-0.25, -0.2) is 0 Å². The Morgan fingerprint density at radius 2 is 1.10 bits per heavy atom. The number of pyridine rings is 1. The molecule has 1 atom stereocenters. The van der Waals surface area contributed by atoms with Gasteiger partial charge < -0.3 is 14.5 Å². The second-order valence-corrected chi connectivity index (χ2v) is 14.9. The molecule has 0 amide bonds. The van der Waals surface area contributed by atoms with Gasteiger partial charge in [-0.2, -0.15) is 0 Å². The number of hydrogen-bond donors (Lipinski definition) is 1. The second kappa shape index (κ2) is 11.1. The molecule has 0 bridgehead atoms. The van der Waals surface area contributed by atoms with Crippen molar-refractivity contribution in [3.05, 3.63) is 107 Å². The summed E-state index contributed by atoms with van der Waals surface area (Å²) in [4.78, 5) is 4.98. The fourth-order valence-corrected chi connectivity index (χ4v) is 9.54. The van der Waals surface area contributed by atoms with Crippen LogP contribution in [0, 0.1) is 0 Å². The summed E-state index contributed by atoms with van der Waals surface area (Å²) < 4.78 is 4.87. The number of allylic oxidation sites excluding steroid dienone is 2. The SMILES string of the molecule is C=C1C=C(C)N(c2c(C(C)C)cccc2C(C)C)[Si@@](N)(c2ccccn2)N1c1c(C(C)C)cccc1C(C)C. The first kappa shape index (κ1) is 28.8. The molecule has 0 radical (unpaired) electrons. The van der Waals surface area contributed by atoms with Crippen LogP contribution in [0.25, 0.3) is 0 Å². The highest BCUT2D eigenvalue weighted by atomic mass is 28.4. The molecular formula is C34H46N4Si. The predicted octanol–water partition coefficient (Wildman–Crippen LogP) is 8.12. The second-order valence-electron chi connectivity index (χ2n) is 12.1. The molecule has 0 unspecified atom stereocenters. The number of benzene rings is 2. The van der Waals surface area contributed by atoms with Gasteiger partial charge in [0.2, 0.25) is 0 Å². The molecule has 4 nitrogen and oxygen atoms in total. The van der Waals surface area contributed by atoms with Gasteiger partial charge in [-0.05, 0) is 71.1 Å². The maximum atomic E-state index is 8.02. The highest BCUT2D eigenvalue weighted by Crippen LogP contribution is 2.46. The number of rotatable bonds is 7. The Labute approximate surface area is 237 Å². The van der Waals surface area contributed by atoms with Gasteiger partial charge in [0.05, 0.1) is 5.32 Å². The Kier molecular flexibility index (Phi) is 8.24. The van der Waals surface area contributed by atoms with Crippen LogP contribution in [0.2, 0.25) is 0 Å². The molecule has 4 rings (SSSR count). The van der Waals surface area contributed by atoms with Gasteiger partial charge >= 0.3 is 8.56 Å². The first-order chi connectivity index (χ1) is 18.4. The lowest BCUT2D eigenvalue weighted by atomic mass is 9.92. The topological polar surface area (TPSA) is 45.4 Å². The van der Waals surface area contributed by atoms with Crippen molar-refractivity contribution in [2.75, 3.05) is 9.13 Å². The predicted molar refractivity (Wildman–Crippen MR) is 171 cm³/mol. The number of anilines is 2. The molecule has 0 aliphatic carbocycles. The van der Waals surface area contributed by atoms with Gasteiger partial charge in [0.25, 0.3) is 0 Å². The molecular weight excluding hydrogens is 492 g/mol. The lowest BCUT2D eigenvalue weighted by Crippen LogP contribution is -2.81. The Morgan fingerprint density at radius 3 is 1.49 bits per heavy atom. The van der Waals surface area contributed by atoms with Crippen molar-refractivity contribution >= 4 is 25.3 Å². The molecule has 2 aromatic carbocycles. The Balaban J connectivity index is 2.19. The third-order valence-corrected chi connectivity index (χ3v) is 11.4. The number of para-hydroxylation sites is 2. The van der Waals surface area contributed by atoms with Gasteiger partial charge in [-0.1, -0.05) is 104 Å². The zero-order valence-electron chi connectivity index (χ0n) is 25.3. The van der Waals surface area contributed by atoms with E-state index in [4.69, 9.17) is 10.4 Å². The van der Waals surface area contributed by atoms with E-state index in [9.17, 15) is 0 Å². The summed E-state index contributed by atoms with van der Waals surface area (Å²) >= 11 is 0. The van der Waals surface area contributed by atoms with E-state index in [0.29, 0.717) is 23.7 Å². The first-order valence-electron chi connectivity index (χ1n) is 14.3. The molecule has 2 heterocycles. The number of nitrogens with zero attached hydrogens (tertiary/aromatic N) is 3. The van der Waals surface area contributed by atoms with Crippen molar-refractivity contribution in [2.24, 2.45) is 5.40 Å². The van der Waals surface area contributed by atoms with Crippen LogP contribution < -0.4 is 19.8 Å². The summed E-state index contributed by atoms with van der Waals surface area (Å²) in [5.74, 6) is 1.31. The molecule has 0 saturated carbocycles. The van der Waals surface area contributed by atoms with Gasteiger partial charge in [0.1, 0.15) is 0 Å². The zero-order valence-corrected chi connectivity index (χ0v) is 26.3. The average Bonchev–Trinajstić information content (AvgIpc) is 2.88. The van der Waals surface area contributed by atoms with Crippen LogP contribution in [0.4, 0.5) is 11.4 Å². The van der Waals surface area contributed by atoms with E-state index in [-0.39, 0.29) is 0 Å². The van der Waals surface area contributed by atoms with Crippen LogP contribution in [0.15, 0.2) is 84.8 Å². The summed E-state index contributed by atoms with van der Waals surface area (Å²) in [7, 11) is -3.30. The smallest absolute Gasteiger partial charge is 0.337 e. The minimum Gasteiger partial charge on any atom is -0.337 e. The number of aromatic nitrogens is 1. The van der Waals surface area contributed by atoms with Crippen molar-refractivity contribution in [1.82, 2.24) is 4.98 Å². The van der Waals surface area contributed by atoms with Crippen LogP contribution >= 0.6 is 0 Å². The highest BCUT2D eigenvalue weighted by Gasteiger charge is 2.53. The van der Waals surface area contributed by atoms with E-state index in [2.05, 4.69) is 133 Å². The number of hydrogen-bond acceptors (Lipinski definition) is 4. The Morgan fingerprint density at radius 1 is 0.667 bits per heavy atom. The molecule has 0 fully saturated rings. The molecule has 1 aliphatic rings. The lowest BCUT2D eigenvalue weighted by Gasteiger charge is -2.53. The van der Waals surface area contributed by atoms with Gasteiger partial charge in [0, 0.05) is 29.0 Å². The lowest BCUT2D eigenvalue weighted by molar-refractivity contribution is 0.820. The normalized spacial score (nSPS) is 18.1. The van der Waals surface area contributed by atoms with Gasteiger partial charge in [-0.15, -0.1) is 0 Å². The molecule has 0 spiro atoms. The summed E-state index contributed by atoms with van der Waals surface area (Å²) in [6, 6.07) is 19.6. The molecule has 206 valence electrons. The third-order valence-electron chi connectivity index (χ3n) is 7.87. The number of nitrogens with two attached hydrogens (primary N) is 1. The molecule has 0 saturated heterocycles. The van der Waals surface area contributed by atoms with E-state index in [0.717, 1.165) is 16.7 Å². The summed E-state index contributed by atoms with van der Waals surface area (Å²) in [6.07, 6.45) is 4.09. The fraction of sp³-hybridized carbons (Fsp3) is 0.382. The summed E-state index contributed by atoms with van der Waals surface area (Å²) in [5, 5.41) is 8.93. The maximum Gasteiger partial charge on any atom is 0.406 e. The third kappa shape index (κ3) is 4.98. The van der Waals surface area contributed by atoms with E-state index < -0.39 is 8.56 Å². The van der Waals surface area contributed by atoms with E-state index >= 15 is 0 Å². The first-order valence-corrected chi connectivity index (χ1v) is 16.3. The standard InChI is InChI=1S/C34H46N4Si/c1-22(2)28-15-13-16-29(23(3)4)33(28)37-26(9)21-27(10)38(39(37,35)32-19-11-12-20-36-32)34-30(24(5)6)17-14-18-31(34)25(7)8/h11-25H,9,35H2,1-8,10H3/t39-/m1/s1. The van der Waals surface area contributed by atoms with E-state index in [1.165, 1.54) is 33.6 Å². The van der Waals surface area contributed by atoms with Gasteiger partial charge in [-0.3, -0.25) is 4.98 Å². The van der Waals surface area contributed by atoms with Crippen LogP contribution in [0.3, 0.4) is 0 Å². The largest absolute Gasteiger partial charge is 0.406 e. The van der Waals surface area contributed by atoms with Crippen molar-refractivity contribution in [1.29, 1.82) is 0 Å². The molecule has 3 aromatic rings. The molecule has 5 heteroatoms. The Hall–Kier alpha value is -3.15. The maximum absolute atomic E-state index is 8.02. The minimum absolute atomic E-state index is 0.322. The summed E-state index contributed by atoms with van der Waals surface area (Å²) in [6.45, 7) is 25.0. The zero-order chi connectivity index (χ0) is 28.6. The molecule has 39 heavy (non-hydrogen) atoms. The molecule has 1 aromatic heterocycles. The van der Waals surface area contributed by atoms with Crippen LogP contribution in [0.5, 0.6) is 0 Å². The van der Waals surface area contributed by atoms with E-state index in [1.807, 2.05) is 12.3 Å². The van der Waals surface area contributed by atoms with Crippen molar-refractivity contribution in [2.45, 2.75) is 86.0 Å². The summed E-state index contributed by atoms with van der Waals surface area (Å²) in [5.41, 5.74) is 9.63. The van der Waals surface area contributed by atoms with E-state index in [1.54, 1.807) is 0 Å².